The normalized spacial score (nSPS) is 22.8. The molecule has 1 heterocycles. The molecule has 2 rings (SSSR count). The SMILES string of the molecule is CCCC1(C(=O)Cc2cc(F)ccc2C)CCCNC1. The van der Waals surface area contributed by atoms with Crippen molar-refractivity contribution < 1.29 is 9.18 Å². The van der Waals surface area contributed by atoms with E-state index in [1.807, 2.05) is 6.92 Å². The molecule has 1 aliphatic heterocycles. The van der Waals surface area contributed by atoms with Crippen LogP contribution in [0.2, 0.25) is 0 Å². The van der Waals surface area contributed by atoms with E-state index >= 15 is 0 Å². The molecular formula is C17H24FNO. The van der Waals surface area contributed by atoms with Crippen LogP contribution in [0.15, 0.2) is 18.2 Å². The summed E-state index contributed by atoms with van der Waals surface area (Å²) in [6, 6.07) is 4.71. The predicted molar refractivity (Wildman–Crippen MR) is 79.3 cm³/mol. The summed E-state index contributed by atoms with van der Waals surface area (Å²) < 4.78 is 13.4. The lowest BCUT2D eigenvalue weighted by Gasteiger charge is -2.36. The number of Topliss-reactive ketones (excluding diaryl/α,β-unsaturated/α-hetero) is 1. The van der Waals surface area contributed by atoms with E-state index in [1.54, 1.807) is 6.07 Å². The van der Waals surface area contributed by atoms with Crippen LogP contribution in [0.25, 0.3) is 0 Å². The monoisotopic (exact) mass is 277 g/mol. The van der Waals surface area contributed by atoms with Gasteiger partial charge in [0.15, 0.2) is 0 Å². The maximum Gasteiger partial charge on any atom is 0.144 e. The summed E-state index contributed by atoms with van der Waals surface area (Å²) in [5.74, 6) is 0.00459. The van der Waals surface area contributed by atoms with Crippen molar-refractivity contribution >= 4 is 5.78 Å². The molecule has 0 radical (unpaired) electrons. The van der Waals surface area contributed by atoms with Gasteiger partial charge in [-0.15, -0.1) is 0 Å². The lowest BCUT2D eigenvalue weighted by atomic mass is 9.72. The van der Waals surface area contributed by atoms with Gasteiger partial charge in [0.05, 0.1) is 0 Å². The number of carbonyl (C=O) groups excluding carboxylic acids is 1. The van der Waals surface area contributed by atoms with Crippen molar-refractivity contribution in [2.24, 2.45) is 5.41 Å². The van der Waals surface area contributed by atoms with Crippen LogP contribution in [0, 0.1) is 18.2 Å². The van der Waals surface area contributed by atoms with Gasteiger partial charge in [-0.1, -0.05) is 19.4 Å². The number of halogens is 1. The number of nitrogens with one attached hydrogen (secondary N) is 1. The van der Waals surface area contributed by atoms with Crippen LogP contribution in [-0.4, -0.2) is 18.9 Å². The summed E-state index contributed by atoms with van der Waals surface area (Å²) in [6.07, 6.45) is 4.29. The largest absolute Gasteiger partial charge is 0.316 e. The van der Waals surface area contributed by atoms with E-state index in [2.05, 4.69) is 12.2 Å². The number of rotatable bonds is 5. The molecule has 0 aromatic heterocycles. The molecule has 0 bridgehead atoms. The minimum atomic E-state index is -0.260. The maximum atomic E-state index is 13.4. The smallest absolute Gasteiger partial charge is 0.144 e. The van der Waals surface area contributed by atoms with E-state index in [0.717, 1.165) is 49.9 Å². The topological polar surface area (TPSA) is 29.1 Å². The average molecular weight is 277 g/mol. The van der Waals surface area contributed by atoms with Crippen LogP contribution in [-0.2, 0) is 11.2 Å². The molecule has 1 fully saturated rings. The summed E-state index contributed by atoms with van der Waals surface area (Å²) in [7, 11) is 0. The molecule has 1 aromatic carbocycles. The Kier molecular flexibility index (Phi) is 4.92. The van der Waals surface area contributed by atoms with Crippen LogP contribution >= 0.6 is 0 Å². The number of hydrogen-bond donors (Lipinski definition) is 1. The van der Waals surface area contributed by atoms with Gasteiger partial charge < -0.3 is 5.32 Å². The number of aryl methyl sites for hydroxylation is 1. The number of benzene rings is 1. The Morgan fingerprint density at radius 2 is 2.25 bits per heavy atom. The van der Waals surface area contributed by atoms with E-state index in [-0.39, 0.29) is 17.0 Å². The Labute approximate surface area is 120 Å². The molecule has 2 nitrogen and oxygen atoms in total. The van der Waals surface area contributed by atoms with Crippen molar-refractivity contribution in [2.75, 3.05) is 13.1 Å². The summed E-state index contributed by atoms with van der Waals surface area (Å²) in [5, 5.41) is 3.36. The average Bonchev–Trinajstić information content (AvgIpc) is 2.44. The fourth-order valence-electron chi connectivity index (χ4n) is 3.23. The first kappa shape index (κ1) is 15.2. The molecule has 1 aliphatic rings. The number of piperidine rings is 1. The lowest BCUT2D eigenvalue weighted by Crippen LogP contribution is -2.46. The van der Waals surface area contributed by atoms with E-state index < -0.39 is 0 Å². The maximum absolute atomic E-state index is 13.4. The summed E-state index contributed by atoms with van der Waals surface area (Å²) in [6.45, 7) is 5.83. The lowest BCUT2D eigenvalue weighted by molar-refractivity contribution is -0.129. The Morgan fingerprint density at radius 3 is 2.90 bits per heavy atom. The van der Waals surface area contributed by atoms with Gasteiger partial charge in [0.1, 0.15) is 11.6 Å². The van der Waals surface area contributed by atoms with Gasteiger partial charge in [-0.3, -0.25) is 4.79 Å². The summed E-state index contributed by atoms with van der Waals surface area (Å²) in [4.78, 5) is 12.8. The standard InChI is InChI=1S/C17H24FNO/c1-3-7-17(8-4-9-19-12-17)16(20)11-14-10-15(18)6-5-13(14)2/h5-6,10,19H,3-4,7-9,11-12H2,1-2H3. The zero-order valence-corrected chi connectivity index (χ0v) is 12.5. The van der Waals surface area contributed by atoms with Gasteiger partial charge in [-0.25, -0.2) is 4.39 Å². The molecular weight excluding hydrogens is 253 g/mol. The Hall–Kier alpha value is -1.22. The molecule has 0 spiro atoms. The molecule has 0 amide bonds. The van der Waals surface area contributed by atoms with Gasteiger partial charge in [-0.05, 0) is 56.0 Å². The minimum Gasteiger partial charge on any atom is -0.316 e. The van der Waals surface area contributed by atoms with Crippen LogP contribution in [0.4, 0.5) is 4.39 Å². The fourth-order valence-corrected chi connectivity index (χ4v) is 3.23. The second kappa shape index (κ2) is 6.49. The molecule has 110 valence electrons. The summed E-state index contributed by atoms with van der Waals surface area (Å²) >= 11 is 0. The second-order valence-corrected chi connectivity index (χ2v) is 5.98. The van der Waals surface area contributed by atoms with E-state index in [1.165, 1.54) is 12.1 Å². The second-order valence-electron chi connectivity index (χ2n) is 5.98. The third-order valence-electron chi connectivity index (χ3n) is 4.45. The third kappa shape index (κ3) is 3.26. The van der Waals surface area contributed by atoms with Crippen molar-refractivity contribution in [1.29, 1.82) is 0 Å². The zero-order chi connectivity index (χ0) is 14.6. The van der Waals surface area contributed by atoms with Gasteiger partial charge in [-0.2, -0.15) is 0 Å². The number of carbonyl (C=O) groups is 1. The molecule has 1 saturated heterocycles. The molecule has 1 aromatic rings. The van der Waals surface area contributed by atoms with Crippen LogP contribution in [0.5, 0.6) is 0 Å². The van der Waals surface area contributed by atoms with Crippen molar-refractivity contribution in [2.45, 2.75) is 46.0 Å². The zero-order valence-electron chi connectivity index (χ0n) is 12.5. The number of ketones is 1. The summed E-state index contributed by atoms with van der Waals surface area (Å²) in [5.41, 5.74) is 1.58. The predicted octanol–water partition coefficient (Wildman–Crippen LogP) is 3.42. The van der Waals surface area contributed by atoms with Crippen molar-refractivity contribution in [1.82, 2.24) is 5.32 Å². The van der Waals surface area contributed by atoms with Gasteiger partial charge in [0.25, 0.3) is 0 Å². The molecule has 1 unspecified atom stereocenters. The quantitative estimate of drug-likeness (QED) is 0.893. The first-order chi connectivity index (χ1) is 9.57. The van der Waals surface area contributed by atoms with E-state index in [0.29, 0.717) is 6.42 Å². The van der Waals surface area contributed by atoms with Gasteiger partial charge in [0.2, 0.25) is 0 Å². The highest BCUT2D eigenvalue weighted by molar-refractivity contribution is 5.87. The van der Waals surface area contributed by atoms with E-state index in [4.69, 9.17) is 0 Å². The first-order valence-electron chi connectivity index (χ1n) is 7.56. The van der Waals surface area contributed by atoms with Crippen molar-refractivity contribution in [3.63, 3.8) is 0 Å². The van der Waals surface area contributed by atoms with Crippen LogP contribution < -0.4 is 5.32 Å². The van der Waals surface area contributed by atoms with Gasteiger partial charge >= 0.3 is 0 Å². The molecule has 20 heavy (non-hydrogen) atoms. The van der Waals surface area contributed by atoms with E-state index in [9.17, 15) is 9.18 Å². The Bertz CT molecular complexity index is 472. The van der Waals surface area contributed by atoms with Gasteiger partial charge in [0, 0.05) is 18.4 Å². The number of hydrogen-bond acceptors (Lipinski definition) is 2. The molecule has 3 heteroatoms. The highest BCUT2D eigenvalue weighted by Crippen LogP contribution is 2.34. The van der Waals surface area contributed by atoms with Crippen molar-refractivity contribution in [3.05, 3.63) is 35.1 Å². The highest BCUT2D eigenvalue weighted by atomic mass is 19.1. The molecule has 1 atom stereocenters. The Balaban J connectivity index is 2.18. The third-order valence-corrected chi connectivity index (χ3v) is 4.45. The molecule has 0 aliphatic carbocycles. The molecule has 1 N–H and O–H groups in total. The van der Waals surface area contributed by atoms with Crippen LogP contribution in [0.3, 0.4) is 0 Å². The Morgan fingerprint density at radius 1 is 1.45 bits per heavy atom. The highest BCUT2D eigenvalue weighted by Gasteiger charge is 2.38. The minimum absolute atomic E-state index is 0.244. The molecule has 0 saturated carbocycles. The first-order valence-corrected chi connectivity index (χ1v) is 7.56. The fraction of sp³-hybridized carbons (Fsp3) is 0.588. The van der Waals surface area contributed by atoms with Crippen molar-refractivity contribution in [3.8, 4) is 0 Å². The van der Waals surface area contributed by atoms with Crippen LogP contribution in [0.1, 0.15) is 43.7 Å².